The van der Waals surface area contributed by atoms with Crippen LogP contribution in [-0.4, -0.2) is 30.0 Å². The van der Waals surface area contributed by atoms with E-state index in [0.717, 1.165) is 36.4 Å². The maximum atomic E-state index is 12.4. The highest BCUT2D eigenvalue weighted by Gasteiger charge is 2.21. The number of nitro benzene ring substituents is 1. The van der Waals surface area contributed by atoms with Crippen LogP contribution in [0.2, 0.25) is 0 Å². The molecule has 1 aliphatic rings. The van der Waals surface area contributed by atoms with Gasteiger partial charge in [0.15, 0.2) is 0 Å². The largest absolute Gasteiger partial charge is 0.349 e. The van der Waals surface area contributed by atoms with Crippen LogP contribution in [0.25, 0.3) is 0 Å². The number of rotatable bonds is 5. The third-order valence-electron chi connectivity index (χ3n) is 4.34. The van der Waals surface area contributed by atoms with Crippen LogP contribution in [0.4, 0.5) is 5.69 Å². The van der Waals surface area contributed by atoms with Gasteiger partial charge in [0.1, 0.15) is 0 Å². The Morgan fingerprint density at radius 1 is 1.19 bits per heavy atom. The summed E-state index contributed by atoms with van der Waals surface area (Å²) in [5.41, 5.74) is 1.41. The van der Waals surface area contributed by atoms with E-state index in [1.807, 2.05) is 31.2 Å². The lowest BCUT2D eigenvalue weighted by atomic mass is 10.1. The van der Waals surface area contributed by atoms with Gasteiger partial charge in [-0.3, -0.25) is 14.9 Å². The Morgan fingerprint density at radius 3 is 2.48 bits per heavy atom. The molecule has 0 bridgehead atoms. The van der Waals surface area contributed by atoms with Gasteiger partial charge in [0.25, 0.3) is 11.6 Å². The second-order valence-electron chi connectivity index (χ2n) is 6.35. The van der Waals surface area contributed by atoms with E-state index >= 15 is 0 Å². The number of piperidine rings is 1. The summed E-state index contributed by atoms with van der Waals surface area (Å²) in [4.78, 5) is 24.9. The van der Waals surface area contributed by atoms with Crippen LogP contribution in [0.15, 0.2) is 52.3 Å². The number of aryl methyl sites for hydroxylation is 1. The van der Waals surface area contributed by atoms with Crippen molar-refractivity contribution in [3.63, 3.8) is 0 Å². The average molecular weight is 408 g/mol. The summed E-state index contributed by atoms with van der Waals surface area (Å²) in [6.45, 7) is 3.74. The first-order chi connectivity index (χ1) is 12.5. The van der Waals surface area contributed by atoms with Crippen molar-refractivity contribution < 1.29 is 9.72 Å². The van der Waals surface area contributed by atoms with Crippen LogP contribution in [0.1, 0.15) is 28.8 Å². The van der Waals surface area contributed by atoms with E-state index in [0.29, 0.717) is 10.5 Å². The molecule has 1 saturated heterocycles. The Bertz CT molecular complexity index is 808. The molecule has 1 heterocycles. The van der Waals surface area contributed by atoms with Crippen LogP contribution >= 0.6 is 24.2 Å². The van der Waals surface area contributed by atoms with E-state index in [-0.39, 0.29) is 30.0 Å². The molecule has 3 rings (SSSR count). The summed E-state index contributed by atoms with van der Waals surface area (Å²) in [6.07, 6.45) is 1.74. The van der Waals surface area contributed by atoms with Crippen molar-refractivity contribution in [2.75, 3.05) is 13.1 Å². The molecule has 8 heteroatoms. The number of amides is 1. The minimum absolute atomic E-state index is 0. The monoisotopic (exact) mass is 407 g/mol. The standard InChI is InChI=1S/C19H21N3O3S.ClH/c1-13-2-5-16(6-3-13)26-18-7-4-14(12-17(18)22(24)25)19(23)21-15-8-10-20-11-9-15;/h2-7,12,15,20H,8-11H2,1H3,(H,21,23);1H. The molecule has 6 nitrogen and oxygen atoms in total. The van der Waals surface area contributed by atoms with E-state index < -0.39 is 4.92 Å². The van der Waals surface area contributed by atoms with Crippen molar-refractivity contribution in [3.05, 3.63) is 63.7 Å². The molecule has 1 fully saturated rings. The van der Waals surface area contributed by atoms with E-state index in [9.17, 15) is 14.9 Å². The Balaban J connectivity index is 0.00000261. The molecular weight excluding hydrogens is 386 g/mol. The number of nitro groups is 1. The zero-order chi connectivity index (χ0) is 18.5. The third-order valence-corrected chi connectivity index (χ3v) is 5.41. The number of nitrogens with zero attached hydrogens (tertiary/aromatic N) is 1. The Hall–Kier alpha value is -2.09. The highest BCUT2D eigenvalue weighted by molar-refractivity contribution is 7.99. The molecule has 0 saturated carbocycles. The quantitative estimate of drug-likeness (QED) is 0.579. The fourth-order valence-electron chi connectivity index (χ4n) is 2.86. The number of hydrogen-bond donors (Lipinski definition) is 2. The first kappa shape index (κ1) is 21.2. The summed E-state index contributed by atoms with van der Waals surface area (Å²) in [6, 6.07) is 12.6. The molecule has 144 valence electrons. The summed E-state index contributed by atoms with van der Waals surface area (Å²) in [5.74, 6) is -0.258. The third kappa shape index (κ3) is 5.69. The Morgan fingerprint density at radius 2 is 1.85 bits per heavy atom. The maximum Gasteiger partial charge on any atom is 0.284 e. The lowest BCUT2D eigenvalue weighted by molar-refractivity contribution is -0.387. The number of hydrogen-bond acceptors (Lipinski definition) is 5. The zero-order valence-electron chi connectivity index (χ0n) is 14.9. The van der Waals surface area contributed by atoms with Crippen molar-refractivity contribution in [1.82, 2.24) is 10.6 Å². The molecule has 1 aliphatic heterocycles. The zero-order valence-corrected chi connectivity index (χ0v) is 16.6. The van der Waals surface area contributed by atoms with Gasteiger partial charge in [-0.15, -0.1) is 12.4 Å². The summed E-state index contributed by atoms with van der Waals surface area (Å²) >= 11 is 1.33. The number of nitrogens with one attached hydrogen (secondary N) is 2. The lowest BCUT2D eigenvalue weighted by Gasteiger charge is -2.23. The average Bonchev–Trinajstić information content (AvgIpc) is 2.64. The molecule has 0 atom stereocenters. The van der Waals surface area contributed by atoms with Crippen molar-refractivity contribution >= 4 is 35.8 Å². The molecule has 2 aromatic carbocycles. The molecular formula is C19H22ClN3O3S. The van der Waals surface area contributed by atoms with Gasteiger partial charge in [-0.05, 0) is 57.1 Å². The van der Waals surface area contributed by atoms with Crippen LogP contribution in [0, 0.1) is 17.0 Å². The first-order valence-electron chi connectivity index (χ1n) is 8.57. The van der Waals surface area contributed by atoms with Gasteiger partial charge in [-0.25, -0.2) is 0 Å². The van der Waals surface area contributed by atoms with Crippen molar-refractivity contribution in [2.45, 2.75) is 35.6 Å². The smallest absolute Gasteiger partial charge is 0.284 e. The van der Waals surface area contributed by atoms with Crippen molar-refractivity contribution in [2.24, 2.45) is 0 Å². The highest BCUT2D eigenvalue weighted by Crippen LogP contribution is 2.35. The summed E-state index contributed by atoms with van der Waals surface area (Å²) < 4.78 is 0. The normalized spacial score (nSPS) is 14.3. The highest BCUT2D eigenvalue weighted by atomic mass is 35.5. The van der Waals surface area contributed by atoms with E-state index in [1.165, 1.54) is 17.8 Å². The predicted molar refractivity (Wildman–Crippen MR) is 109 cm³/mol. The number of carbonyl (C=O) groups excluding carboxylic acids is 1. The first-order valence-corrected chi connectivity index (χ1v) is 9.39. The molecule has 0 aliphatic carbocycles. The molecule has 0 spiro atoms. The molecule has 0 aromatic heterocycles. The van der Waals surface area contributed by atoms with Crippen LogP contribution in [0.5, 0.6) is 0 Å². The van der Waals surface area contributed by atoms with Gasteiger partial charge in [0.05, 0.1) is 9.82 Å². The van der Waals surface area contributed by atoms with Crippen LogP contribution in [0.3, 0.4) is 0 Å². The summed E-state index contributed by atoms with van der Waals surface area (Å²) in [7, 11) is 0. The van der Waals surface area contributed by atoms with Crippen LogP contribution in [-0.2, 0) is 0 Å². The number of carbonyl (C=O) groups is 1. The second-order valence-corrected chi connectivity index (χ2v) is 7.47. The Labute approximate surface area is 168 Å². The molecule has 0 radical (unpaired) electrons. The van der Waals surface area contributed by atoms with Crippen molar-refractivity contribution in [3.8, 4) is 0 Å². The fourth-order valence-corrected chi connectivity index (χ4v) is 3.76. The fraction of sp³-hybridized carbons (Fsp3) is 0.316. The molecule has 0 unspecified atom stereocenters. The van der Waals surface area contributed by atoms with Gasteiger partial charge in [0.2, 0.25) is 0 Å². The molecule has 27 heavy (non-hydrogen) atoms. The topological polar surface area (TPSA) is 84.3 Å². The lowest BCUT2D eigenvalue weighted by Crippen LogP contribution is -2.42. The Kier molecular flexibility index (Phi) is 7.65. The molecule has 2 aromatic rings. The van der Waals surface area contributed by atoms with Crippen LogP contribution < -0.4 is 10.6 Å². The number of halogens is 1. The van der Waals surface area contributed by atoms with Gasteiger partial charge in [-0.2, -0.15) is 0 Å². The van der Waals surface area contributed by atoms with Gasteiger partial charge in [-0.1, -0.05) is 29.5 Å². The minimum Gasteiger partial charge on any atom is -0.349 e. The van der Waals surface area contributed by atoms with Crippen molar-refractivity contribution in [1.29, 1.82) is 0 Å². The van der Waals surface area contributed by atoms with Gasteiger partial charge >= 0.3 is 0 Å². The van der Waals surface area contributed by atoms with Gasteiger partial charge < -0.3 is 10.6 Å². The second kappa shape index (κ2) is 9.73. The van der Waals surface area contributed by atoms with E-state index in [4.69, 9.17) is 0 Å². The predicted octanol–water partition coefficient (Wildman–Crippen LogP) is 3.96. The SMILES string of the molecule is Cc1ccc(Sc2ccc(C(=O)NC3CCNCC3)cc2[N+](=O)[O-])cc1.Cl. The van der Waals surface area contributed by atoms with E-state index in [2.05, 4.69) is 10.6 Å². The summed E-state index contributed by atoms with van der Waals surface area (Å²) in [5, 5.41) is 17.7. The van der Waals surface area contributed by atoms with E-state index in [1.54, 1.807) is 12.1 Å². The minimum atomic E-state index is -0.433. The maximum absolute atomic E-state index is 12.4. The number of benzene rings is 2. The molecule has 1 amide bonds. The van der Waals surface area contributed by atoms with Gasteiger partial charge in [0, 0.05) is 22.6 Å². The molecule has 2 N–H and O–H groups in total.